The van der Waals surface area contributed by atoms with E-state index >= 15 is 0 Å². The Balaban J connectivity index is 3.04. The summed E-state index contributed by atoms with van der Waals surface area (Å²) in [6.07, 6.45) is 4.25. The molecule has 1 N–H and O–H groups in total. The lowest BCUT2D eigenvalue weighted by atomic mass is 10.2. The normalized spacial score (nSPS) is 12.0. The van der Waals surface area contributed by atoms with Crippen LogP contribution in [0, 0.1) is 10.1 Å². The second-order valence-electron chi connectivity index (χ2n) is 4.43. The van der Waals surface area contributed by atoms with Crippen molar-refractivity contribution in [2.45, 2.75) is 26.3 Å². The van der Waals surface area contributed by atoms with Crippen molar-refractivity contribution in [2.75, 3.05) is 35.8 Å². The molecule has 1 unspecified atom stereocenters. The fourth-order valence-electron chi connectivity index (χ4n) is 1.69. The number of hydrogen-bond acceptors (Lipinski definition) is 7. The van der Waals surface area contributed by atoms with Gasteiger partial charge >= 0.3 is 5.69 Å². The quantitative estimate of drug-likeness (QED) is 0.582. The van der Waals surface area contributed by atoms with Crippen LogP contribution in [0.2, 0.25) is 0 Å². The molecule has 20 heavy (non-hydrogen) atoms. The number of thioether (sulfide) groups is 1. The van der Waals surface area contributed by atoms with Crippen LogP contribution in [0.4, 0.5) is 17.5 Å². The highest BCUT2D eigenvalue weighted by molar-refractivity contribution is 7.98. The van der Waals surface area contributed by atoms with Gasteiger partial charge in [-0.2, -0.15) is 16.7 Å². The molecule has 0 aliphatic carbocycles. The van der Waals surface area contributed by atoms with E-state index in [1.807, 2.05) is 32.1 Å². The molecule has 7 nitrogen and oxygen atoms in total. The molecule has 0 saturated heterocycles. The van der Waals surface area contributed by atoms with Gasteiger partial charge in [0.2, 0.25) is 11.8 Å². The Morgan fingerprint density at radius 1 is 1.60 bits per heavy atom. The van der Waals surface area contributed by atoms with E-state index in [4.69, 9.17) is 0 Å². The molecule has 0 saturated carbocycles. The van der Waals surface area contributed by atoms with Gasteiger partial charge in [0.1, 0.15) is 6.20 Å². The molecular formula is C12H21N5O2S. The van der Waals surface area contributed by atoms with E-state index in [0.29, 0.717) is 18.3 Å². The van der Waals surface area contributed by atoms with Crippen LogP contribution in [-0.4, -0.2) is 46.5 Å². The Labute approximate surface area is 123 Å². The summed E-state index contributed by atoms with van der Waals surface area (Å²) in [4.78, 5) is 20.7. The van der Waals surface area contributed by atoms with Gasteiger partial charge in [-0.15, -0.1) is 0 Å². The van der Waals surface area contributed by atoms with Gasteiger partial charge in [0.05, 0.1) is 4.92 Å². The van der Waals surface area contributed by atoms with Crippen molar-refractivity contribution in [3.8, 4) is 0 Å². The summed E-state index contributed by atoms with van der Waals surface area (Å²) >= 11 is 1.76. The Morgan fingerprint density at radius 2 is 2.30 bits per heavy atom. The highest BCUT2D eigenvalue weighted by Gasteiger charge is 2.23. The van der Waals surface area contributed by atoms with Crippen molar-refractivity contribution in [1.29, 1.82) is 0 Å². The van der Waals surface area contributed by atoms with Crippen LogP contribution in [-0.2, 0) is 0 Å². The second-order valence-corrected chi connectivity index (χ2v) is 5.42. The first-order valence-electron chi connectivity index (χ1n) is 6.48. The summed E-state index contributed by atoms with van der Waals surface area (Å²) in [6, 6.07) is 0.172. The zero-order valence-corrected chi connectivity index (χ0v) is 13.1. The van der Waals surface area contributed by atoms with Crippen LogP contribution in [0.3, 0.4) is 0 Å². The zero-order chi connectivity index (χ0) is 15.1. The first kappa shape index (κ1) is 16.5. The highest BCUT2D eigenvalue weighted by atomic mass is 32.2. The van der Waals surface area contributed by atoms with Crippen molar-refractivity contribution in [2.24, 2.45) is 0 Å². The van der Waals surface area contributed by atoms with Gasteiger partial charge in [0.15, 0.2) is 0 Å². The van der Waals surface area contributed by atoms with Crippen LogP contribution in [0.15, 0.2) is 6.20 Å². The van der Waals surface area contributed by atoms with E-state index in [1.54, 1.807) is 11.8 Å². The minimum atomic E-state index is -0.442. The molecule has 0 spiro atoms. The lowest BCUT2D eigenvalue weighted by Crippen LogP contribution is -2.31. The van der Waals surface area contributed by atoms with E-state index in [2.05, 4.69) is 15.3 Å². The average Bonchev–Trinajstić information content (AvgIpc) is 2.43. The summed E-state index contributed by atoms with van der Waals surface area (Å²) in [5, 5.41) is 14.1. The topological polar surface area (TPSA) is 84.2 Å². The molecular weight excluding hydrogens is 278 g/mol. The zero-order valence-electron chi connectivity index (χ0n) is 12.3. The Hall–Kier alpha value is -1.57. The predicted octanol–water partition coefficient (Wildman–Crippen LogP) is 2.39. The van der Waals surface area contributed by atoms with Crippen molar-refractivity contribution in [1.82, 2.24) is 9.97 Å². The molecule has 112 valence electrons. The van der Waals surface area contributed by atoms with E-state index < -0.39 is 4.92 Å². The Kier molecular flexibility index (Phi) is 6.50. The number of aromatic nitrogens is 2. The Bertz CT molecular complexity index is 457. The molecule has 0 aliphatic heterocycles. The smallest absolute Gasteiger partial charge is 0.329 e. The summed E-state index contributed by atoms with van der Waals surface area (Å²) < 4.78 is 0. The third-order valence-electron chi connectivity index (χ3n) is 3.02. The monoisotopic (exact) mass is 299 g/mol. The third-order valence-corrected chi connectivity index (χ3v) is 3.66. The van der Waals surface area contributed by atoms with Gasteiger partial charge in [-0.05, 0) is 32.3 Å². The molecule has 0 fully saturated rings. The fraction of sp³-hybridized carbons (Fsp3) is 0.667. The minimum absolute atomic E-state index is 0.0647. The standard InChI is InChI=1S/C12H21N5O2S/c1-5-13-12-14-8-10(17(18)19)11(15-12)16(3)9(2)6-7-20-4/h8-9H,5-7H2,1-4H3,(H,13,14,15). The fourth-order valence-corrected chi connectivity index (χ4v) is 2.27. The average molecular weight is 299 g/mol. The number of rotatable bonds is 8. The van der Waals surface area contributed by atoms with Gasteiger partial charge in [0.25, 0.3) is 0 Å². The molecule has 1 heterocycles. The van der Waals surface area contributed by atoms with Crippen LogP contribution in [0.1, 0.15) is 20.3 Å². The van der Waals surface area contributed by atoms with Gasteiger partial charge in [0, 0.05) is 19.6 Å². The molecule has 8 heteroatoms. The first-order valence-corrected chi connectivity index (χ1v) is 7.87. The molecule has 0 amide bonds. The van der Waals surface area contributed by atoms with Gasteiger partial charge < -0.3 is 10.2 Å². The van der Waals surface area contributed by atoms with Gasteiger partial charge in [-0.1, -0.05) is 0 Å². The largest absolute Gasteiger partial charge is 0.354 e. The summed E-state index contributed by atoms with van der Waals surface area (Å²) in [6.45, 7) is 4.63. The van der Waals surface area contributed by atoms with Gasteiger partial charge in [-0.25, -0.2) is 4.98 Å². The van der Waals surface area contributed by atoms with E-state index in [1.165, 1.54) is 6.20 Å². The van der Waals surface area contributed by atoms with Gasteiger partial charge in [-0.3, -0.25) is 10.1 Å². The maximum atomic E-state index is 11.1. The van der Waals surface area contributed by atoms with E-state index in [0.717, 1.165) is 12.2 Å². The number of anilines is 2. The third kappa shape index (κ3) is 4.22. The van der Waals surface area contributed by atoms with E-state index in [9.17, 15) is 10.1 Å². The van der Waals surface area contributed by atoms with Crippen molar-refractivity contribution in [3.05, 3.63) is 16.3 Å². The Morgan fingerprint density at radius 3 is 2.85 bits per heavy atom. The van der Waals surface area contributed by atoms with Crippen molar-refractivity contribution >= 4 is 29.2 Å². The van der Waals surface area contributed by atoms with Crippen LogP contribution < -0.4 is 10.2 Å². The maximum absolute atomic E-state index is 11.1. The number of nitrogens with one attached hydrogen (secondary N) is 1. The van der Waals surface area contributed by atoms with Crippen molar-refractivity contribution < 1.29 is 4.92 Å². The number of nitro groups is 1. The molecule has 1 rings (SSSR count). The lowest BCUT2D eigenvalue weighted by Gasteiger charge is -2.25. The molecule has 1 atom stereocenters. The van der Waals surface area contributed by atoms with Crippen LogP contribution in [0.5, 0.6) is 0 Å². The van der Waals surface area contributed by atoms with Crippen molar-refractivity contribution in [3.63, 3.8) is 0 Å². The van der Waals surface area contributed by atoms with Crippen LogP contribution >= 0.6 is 11.8 Å². The second kappa shape index (κ2) is 7.88. The minimum Gasteiger partial charge on any atom is -0.354 e. The number of hydrogen-bond donors (Lipinski definition) is 1. The van der Waals surface area contributed by atoms with E-state index in [-0.39, 0.29) is 11.7 Å². The molecule has 0 bridgehead atoms. The summed E-state index contributed by atoms with van der Waals surface area (Å²) in [5.41, 5.74) is -0.0647. The molecule has 1 aromatic heterocycles. The first-order chi connectivity index (χ1) is 9.51. The van der Waals surface area contributed by atoms with Crippen LogP contribution in [0.25, 0.3) is 0 Å². The molecule has 0 aromatic carbocycles. The summed E-state index contributed by atoms with van der Waals surface area (Å²) in [5.74, 6) is 1.77. The predicted molar refractivity (Wildman–Crippen MR) is 83.7 cm³/mol. The SMILES string of the molecule is CCNc1ncc([N+](=O)[O-])c(N(C)C(C)CCSC)n1. The molecule has 1 aromatic rings. The number of nitrogens with zero attached hydrogens (tertiary/aromatic N) is 4. The molecule has 0 radical (unpaired) electrons. The molecule has 0 aliphatic rings. The summed E-state index contributed by atoms with van der Waals surface area (Å²) in [7, 11) is 1.83. The maximum Gasteiger partial charge on any atom is 0.329 e. The highest BCUT2D eigenvalue weighted by Crippen LogP contribution is 2.27. The lowest BCUT2D eigenvalue weighted by molar-refractivity contribution is -0.384.